The summed E-state index contributed by atoms with van der Waals surface area (Å²) in [5.41, 5.74) is 2.21. The Hall–Kier alpha value is -2.70. The lowest BCUT2D eigenvalue weighted by atomic mass is 10.0. The van der Waals surface area contributed by atoms with Crippen LogP contribution in [0, 0.1) is 0 Å². The van der Waals surface area contributed by atoms with Crippen LogP contribution in [0.2, 0.25) is 5.02 Å². The molecule has 2 aromatic carbocycles. The summed E-state index contributed by atoms with van der Waals surface area (Å²) in [5, 5.41) is 3.04. The molecule has 0 bridgehead atoms. The maximum atomic E-state index is 13.1. The van der Waals surface area contributed by atoms with E-state index < -0.39 is 11.8 Å². The molecule has 138 valence electrons. The van der Waals surface area contributed by atoms with Crippen molar-refractivity contribution < 1.29 is 14.3 Å². The highest BCUT2D eigenvalue weighted by atomic mass is 35.5. The van der Waals surface area contributed by atoms with E-state index in [-0.39, 0.29) is 10.7 Å². The third kappa shape index (κ3) is 3.72. The lowest BCUT2D eigenvalue weighted by Crippen LogP contribution is -2.54. The molecular weight excluding hydrogens is 384 g/mol. The Balaban J connectivity index is 2.03. The standard InChI is InChI=1S/C20H17ClN2O3S/c1-3-13-6-4-5-7-16(13)23-19(25)14(18(24)22-20(23)27)10-12-8-9-17(26-2)15(21)11-12/h4-11H,3H2,1-2H3,(H,22,24,27). The number of para-hydroxylation sites is 1. The second-order valence-electron chi connectivity index (χ2n) is 5.83. The van der Waals surface area contributed by atoms with Crippen LogP contribution in [-0.4, -0.2) is 24.0 Å². The number of thiocarbonyl (C=S) groups is 1. The first-order chi connectivity index (χ1) is 13.0. The number of amides is 2. The Labute approximate surface area is 167 Å². The van der Waals surface area contributed by atoms with Crippen molar-refractivity contribution in [3.05, 3.63) is 64.2 Å². The Morgan fingerprint density at radius 2 is 1.96 bits per heavy atom. The Bertz CT molecular complexity index is 971. The molecule has 1 aliphatic rings. The van der Waals surface area contributed by atoms with E-state index in [4.69, 9.17) is 28.6 Å². The molecule has 1 heterocycles. The second-order valence-corrected chi connectivity index (χ2v) is 6.63. The molecule has 0 atom stereocenters. The van der Waals surface area contributed by atoms with Crippen LogP contribution in [0.25, 0.3) is 6.08 Å². The van der Waals surface area contributed by atoms with Gasteiger partial charge >= 0.3 is 0 Å². The fourth-order valence-electron chi connectivity index (χ4n) is 2.84. The molecule has 27 heavy (non-hydrogen) atoms. The van der Waals surface area contributed by atoms with Crippen molar-refractivity contribution in [2.24, 2.45) is 0 Å². The summed E-state index contributed by atoms with van der Waals surface area (Å²) >= 11 is 11.4. The largest absolute Gasteiger partial charge is 0.495 e. The summed E-state index contributed by atoms with van der Waals surface area (Å²) in [6, 6.07) is 12.5. The van der Waals surface area contributed by atoms with E-state index in [0.29, 0.717) is 22.0 Å². The van der Waals surface area contributed by atoms with Gasteiger partial charge in [-0.25, -0.2) is 0 Å². The Morgan fingerprint density at radius 1 is 1.22 bits per heavy atom. The number of carbonyl (C=O) groups excluding carboxylic acids is 2. The molecule has 0 radical (unpaired) electrons. The fraction of sp³-hybridized carbons (Fsp3) is 0.150. The number of nitrogens with zero attached hydrogens (tertiary/aromatic N) is 1. The topological polar surface area (TPSA) is 58.6 Å². The fourth-order valence-corrected chi connectivity index (χ4v) is 3.38. The van der Waals surface area contributed by atoms with Crippen LogP contribution in [0.1, 0.15) is 18.1 Å². The smallest absolute Gasteiger partial charge is 0.270 e. The van der Waals surface area contributed by atoms with E-state index in [1.165, 1.54) is 18.1 Å². The zero-order valence-corrected chi connectivity index (χ0v) is 16.4. The second kappa shape index (κ2) is 7.90. The van der Waals surface area contributed by atoms with Gasteiger partial charge in [0.25, 0.3) is 11.8 Å². The molecule has 1 fully saturated rings. The van der Waals surface area contributed by atoms with Crippen LogP contribution in [-0.2, 0) is 16.0 Å². The minimum atomic E-state index is -0.540. The molecule has 0 unspecified atom stereocenters. The molecule has 3 rings (SSSR count). The van der Waals surface area contributed by atoms with Gasteiger partial charge in [-0.15, -0.1) is 0 Å². The highest BCUT2D eigenvalue weighted by molar-refractivity contribution is 7.80. The number of benzene rings is 2. The summed E-state index contributed by atoms with van der Waals surface area (Å²) in [5.74, 6) is -0.503. The number of hydrogen-bond acceptors (Lipinski definition) is 4. The zero-order chi connectivity index (χ0) is 19.6. The average molecular weight is 401 g/mol. The zero-order valence-electron chi connectivity index (χ0n) is 14.8. The van der Waals surface area contributed by atoms with Crippen molar-refractivity contribution in [3.8, 4) is 5.75 Å². The molecule has 1 saturated heterocycles. The molecule has 1 aliphatic heterocycles. The van der Waals surface area contributed by atoms with Crippen LogP contribution in [0.5, 0.6) is 5.75 Å². The number of anilines is 1. The number of halogens is 1. The van der Waals surface area contributed by atoms with E-state index in [1.807, 2.05) is 31.2 Å². The van der Waals surface area contributed by atoms with Gasteiger partial charge in [0.05, 0.1) is 17.8 Å². The normalized spacial score (nSPS) is 15.9. The lowest BCUT2D eigenvalue weighted by Gasteiger charge is -2.30. The molecule has 2 amide bonds. The van der Waals surface area contributed by atoms with Crippen molar-refractivity contribution in [2.45, 2.75) is 13.3 Å². The maximum Gasteiger partial charge on any atom is 0.270 e. The number of aryl methyl sites for hydroxylation is 1. The third-order valence-electron chi connectivity index (χ3n) is 4.20. The number of nitrogens with one attached hydrogen (secondary N) is 1. The molecule has 0 spiro atoms. The molecule has 1 N–H and O–H groups in total. The molecule has 5 nitrogen and oxygen atoms in total. The Kier molecular flexibility index (Phi) is 5.58. The predicted octanol–water partition coefficient (Wildman–Crippen LogP) is 3.74. The van der Waals surface area contributed by atoms with E-state index in [1.54, 1.807) is 18.2 Å². The van der Waals surface area contributed by atoms with E-state index in [9.17, 15) is 9.59 Å². The van der Waals surface area contributed by atoms with Gasteiger partial charge in [-0.3, -0.25) is 19.8 Å². The van der Waals surface area contributed by atoms with Gasteiger partial charge < -0.3 is 4.74 Å². The van der Waals surface area contributed by atoms with Gasteiger partial charge in [-0.1, -0.05) is 42.8 Å². The van der Waals surface area contributed by atoms with Gasteiger partial charge in [-0.2, -0.15) is 0 Å². The number of carbonyl (C=O) groups is 2. The minimum Gasteiger partial charge on any atom is -0.495 e. The maximum absolute atomic E-state index is 13.1. The number of ether oxygens (including phenoxy) is 1. The molecule has 7 heteroatoms. The van der Waals surface area contributed by atoms with Crippen LogP contribution < -0.4 is 15.0 Å². The SMILES string of the molecule is CCc1ccccc1N1C(=O)C(=Cc2ccc(OC)c(Cl)c2)C(=O)NC1=S. The van der Waals surface area contributed by atoms with Gasteiger partial charge in [0.15, 0.2) is 5.11 Å². The lowest BCUT2D eigenvalue weighted by molar-refractivity contribution is -0.122. The van der Waals surface area contributed by atoms with Crippen molar-refractivity contribution in [3.63, 3.8) is 0 Å². The first kappa shape index (κ1) is 19.1. The van der Waals surface area contributed by atoms with E-state index >= 15 is 0 Å². The van der Waals surface area contributed by atoms with Gasteiger partial charge in [0.1, 0.15) is 11.3 Å². The molecule has 2 aromatic rings. The quantitative estimate of drug-likeness (QED) is 0.482. The summed E-state index contributed by atoms with van der Waals surface area (Å²) in [7, 11) is 1.52. The highest BCUT2D eigenvalue weighted by Crippen LogP contribution is 2.28. The van der Waals surface area contributed by atoms with E-state index in [2.05, 4.69) is 5.32 Å². The van der Waals surface area contributed by atoms with Crippen molar-refractivity contribution in [1.82, 2.24) is 5.32 Å². The van der Waals surface area contributed by atoms with Crippen LogP contribution in [0.4, 0.5) is 5.69 Å². The van der Waals surface area contributed by atoms with E-state index in [0.717, 1.165) is 12.0 Å². The molecule has 0 saturated carbocycles. The van der Waals surface area contributed by atoms with Crippen LogP contribution >= 0.6 is 23.8 Å². The average Bonchev–Trinajstić information content (AvgIpc) is 2.65. The monoisotopic (exact) mass is 400 g/mol. The minimum absolute atomic E-state index is 0.0178. The third-order valence-corrected chi connectivity index (χ3v) is 4.78. The summed E-state index contributed by atoms with van der Waals surface area (Å²) in [6.07, 6.45) is 2.22. The van der Waals surface area contributed by atoms with Crippen molar-refractivity contribution >= 4 is 52.5 Å². The number of rotatable bonds is 4. The summed E-state index contributed by atoms with van der Waals surface area (Å²) in [4.78, 5) is 26.8. The summed E-state index contributed by atoms with van der Waals surface area (Å²) in [6.45, 7) is 1.99. The molecule has 0 aliphatic carbocycles. The molecular formula is C20H17ClN2O3S. The summed E-state index contributed by atoms with van der Waals surface area (Å²) < 4.78 is 5.12. The number of methoxy groups -OCH3 is 1. The first-order valence-electron chi connectivity index (χ1n) is 8.29. The number of hydrogen-bond donors (Lipinski definition) is 1. The van der Waals surface area contributed by atoms with Crippen LogP contribution in [0.3, 0.4) is 0 Å². The predicted molar refractivity (Wildman–Crippen MR) is 110 cm³/mol. The van der Waals surface area contributed by atoms with Gasteiger partial charge in [0, 0.05) is 0 Å². The van der Waals surface area contributed by atoms with Gasteiger partial charge in [-0.05, 0) is 54.0 Å². The Morgan fingerprint density at radius 3 is 2.63 bits per heavy atom. The molecule has 0 aromatic heterocycles. The van der Waals surface area contributed by atoms with Crippen molar-refractivity contribution in [1.29, 1.82) is 0 Å². The highest BCUT2D eigenvalue weighted by Gasteiger charge is 2.35. The van der Waals surface area contributed by atoms with Crippen LogP contribution in [0.15, 0.2) is 48.0 Å². The first-order valence-corrected chi connectivity index (χ1v) is 9.07. The van der Waals surface area contributed by atoms with Gasteiger partial charge in [0.2, 0.25) is 0 Å². The van der Waals surface area contributed by atoms with Crippen molar-refractivity contribution in [2.75, 3.05) is 12.0 Å².